The zero-order valence-corrected chi connectivity index (χ0v) is 12.0. The van der Waals surface area contributed by atoms with Gasteiger partial charge in [0.05, 0.1) is 22.1 Å². The van der Waals surface area contributed by atoms with E-state index in [-0.39, 0.29) is 0 Å². The molecule has 3 aromatic heterocycles. The first-order chi connectivity index (χ1) is 10.8. The number of nitrogens with zero attached hydrogens (tertiary/aromatic N) is 4. The number of para-hydroxylation sites is 4. The lowest BCUT2D eigenvalue weighted by Gasteiger charge is -2.06. The van der Waals surface area contributed by atoms with Crippen LogP contribution in [0, 0.1) is 6.92 Å². The number of hydrogen-bond donors (Lipinski definition) is 0. The molecule has 0 aliphatic carbocycles. The molecule has 0 saturated carbocycles. The molecule has 5 rings (SSSR count). The first-order valence-corrected chi connectivity index (χ1v) is 7.24. The Morgan fingerprint density at radius 3 is 2.14 bits per heavy atom. The average molecular weight is 284 g/mol. The maximum absolute atomic E-state index is 4.83. The van der Waals surface area contributed by atoms with Crippen LogP contribution in [0.4, 0.5) is 0 Å². The number of rotatable bonds is 0. The van der Waals surface area contributed by atoms with Gasteiger partial charge in [-0.15, -0.1) is 0 Å². The van der Waals surface area contributed by atoms with E-state index in [2.05, 4.69) is 23.5 Å². The summed E-state index contributed by atoms with van der Waals surface area (Å²) in [6.45, 7) is 2.07. The van der Waals surface area contributed by atoms with Crippen molar-refractivity contribution in [2.45, 2.75) is 6.92 Å². The van der Waals surface area contributed by atoms with Gasteiger partial charge in [-0.1, -0.05) is 24.3 Å². The molecule has 0 saturated heterocycles. The first-order valence-electron chi connectivity index (χ1n) is 7.24. The Morgan fingerprint density at radius 2 is 1.32 bits per heavy atom. The Hall–Kier alpha value is -3.01. The van der Waals surface area contributed by atoms with E-state index in [0.717, 1.165) is 44.4 Å². The van der Waals surface area contributed by atoms with E-state index < -0.39 is 0 Å². The second-order valence-corrected chi connectivity index (χ2v) is 5.51. The smallest absolute Gasteiger partial charge is 0.165 e. The Labute approximate surface area is 126 Å². The molecule has 0 unspecified atom stereocenters. The van der Waals surface area contributed by atoms with Gasteiger partial charge in [0.15, 0.2) is 5.65 Å². The van der Waals surface area contributed by atoms with Crippen molar-refractivity contribution in [1.29, 1.82) is 0 Å². The summed E-state index contributed by atoms with van der Waals surface area (Å²) < 4.78 is 2.11. The minimum atomic E-state index is 0.855. The van der Waals surface area contributed by atoms with Crippen LogP contribution in [0.15, 0.2) is 54.6 Å². The van der Waals surface area contributed by atoms with Crippen LogP contribution in [0.1, 0.15) is 5.56 Å². The Bertz CT molecular complexity index is 1190. The molecule has 0 N–H and O–H groups in total. The highest BCUT2D eigenvalue weighted by Gasteiger charge is 2.12. The molecule has 0 atom stereocenters. The first kappa shape index (κ1) is 11.6. The molecule has 0 fully saturated rings. The van der Waals surface area contributed by atoms with Gasteiger partial charge in [-0.05, 0) is 42.8 Å². The van der Waals surface area contributed by atoms with Crippen LogP contribution in [-0.4, -0.2) is 19.4 Å². The lowest BCUT2D eigenvalue weighted by molar-refractivity contribution is 1.20. The normalized spacial score (nSPS) is 11.9. The van der Waals surface area contributed by atoms with Gasteiger partial charge in [0, 0.05) is 0 Å². The largest absolute Gasteiger partial charge is 0.275 e. The zero-order chi connectivity index (χ0) is 14.7. The third kappa shape index (κ3) is 1.44. The lowest BCUT2D eigenvalue weighted by atomic mass is 10.2. The van der Waals surface area contributed by atoms with E-state index in [0.29, 0.717) is 0 Å². The van der Waals surface area contributed by atoms with Gasteiger partial charge >= 0.3 is 0 Å². The predicted molar refractivity (Wildman–Crippen MR) is 88.0 cm³/mol. The number of pyridine rings is 1. The van der Waals surface area contributed by atoms with Crippen LogP contribution in [0.2, 0.25) is 0 Å². The fraction of sp³-hybridized carbons (Fsp3) is 0.0556. The molecule has 22 heavy (non-hydrogen) atoms. The summed E-state index contributed by atoms with van der Waals surface area (Å²) in [6, 6.07) is 18.2. The molecule has 0 amide bonds. The van der Waals surface area contributed by atoms with E-state index in [4.69, 9.17) is 15.0 Å². The lowest BCUT2D eigenvalue weighted by Crippen LogP contribution is -1.97. The van der Waals surface area contributed by atoms with Crippen molar-refractivity contribution in [1.82, 2.24) is 19.4 Å². The SMILES string of the molecule is Cc1cc2nc3ccccc3nc2n2c1nc1ccccc12. The maximum atomic E-state index is 4.83. The van der Waals surface area contributed by atoms with Gasteiger partial charge in [0.2, 0.25) is 0 Å². The van der Waals surface area contributed by atoms with Crippen LogP contribution >= 0.6 is 0 Å². The van der Waals surface area contributed by atoms with Gasteiger partial charge in [0.1, 0.15) is 11.2 Å². The summed E-state index contributed by atoms with van der Waals surface area (Å²) in [4.78, 5) is 14.3. The molecule has 3 heterocycles. The summed E-state index contributed by atoms with van der Waals surface area (Å²) in [5, 5.41) is 0. The summed E-state index contributed by atoms with van der Waals surface area (Å²) in [6.07, 6.45) is 0. The average Bonchev–Trinajstić information content (AvgIpc) is 2.94. The van der Waals surface area contributed by atoms with E-state index in [1.165, 1.54) is 0 Å². The molecule has 0 spiro atoms. The van der Waals surface area contributed by atoms with Crippen LogP contribution < -0.4 is 0 Å². The highest BCUT2D eigenvalue weighted by atomic mass is 15.1. The van der Waals surface area contributed by atoms with Crippen molar-refractivity contribution in [3.05, 3.63) is 60.2 Å². The van der Waals surface area contributed by atoms with Gasteiger partial charge in [-0.3, -0.25) is 4.40 Å². The number of benzene rings is 2. The van der Waals surface area contributed by atoms with Crippen molar-refractivity contribution in [2.24, 2.45) is 0 Å². The molecule has 4 nitrogen and oxygen atoms in total. The minimum Gasteiger partial charge on any atom is -0.275 e. The monoisotopic (exact) mass is 284 g/mol. The molecule has 2 aromatic carbocycles. The third-order valence-electron chi connectivity index (χ3n) is 4.06. The fourth-order valence-electron chi connectivity index (χ4n) is 3.04. The van der Waals surface area contributed by atoms with Crippen LogP contribution in [0.25, 0.3) is 38.9 Å². The standard InChI is InChI=1S/C18H12N4/c1-11-10-15-18(20-13-7-3-2-6-12(13)19-15)22-16-9-5-4-8-14(16)21-17(11)22/h2-10H,1H3. The van der Waals surface area contributed by atoms with E-state index in [9.17, 15) is 0 Å². The number of aryl methyl sites for hydroxylation is 1. The highest BCUT2D eigenvalue weighted by molar-refractivity contribution is 5.92. The highest BCUT2D eigenvalue weighted by Crippen LogP contribution is 2.25. The molecular formula is C18H12N4. The van der Waals surface area contributed by atoms with Crippen LogP contribution in [0.3, 0.4) is 0 Å². The van der Waals surface area contributed by atoms with Crippen LogP contribution in [-0.2, 0) is 0 Å². The Morgan fingerprint density at radius 1 is 0.682 bits per heavy atom. The van der Waals surface area contributed by atoms with Crippen molar-refractivity contribution in [2.75, 3.05) is 0 Å². The summed E-state index contributed by atoms with van der Waals surface area (Å²) >= 11 is 0. The number of imidazole rings is 1. The van der Waals surface area contributed by atoms with Crippen LogP contribution in [0.5, 0.6) is 0 Å². The van der Waals surface area contributed by atoms with Gasteiger partial charge in [-0.25, -0.2) is 15.0 Å². The molecule has 0 radical (unpaired) electrons. The van der Waals surface area contributed by atoms with Crippen molar-refractivity contribution in [3.63, 3.8) is 0 Å². The maximum Gasteiger partial charge on any atom is 0.165 e. The molecular weight excluding hydrogens is 272 g/mol. The Kier molecular flexibility index (Phi) is 2.12. The molecule has 4 heteroatoms. The quantitative estimate of drug-likeness (QED) is 0.405. The predicted octanol–water partition coefficient (Wildman–Crippen LogP) is 3.89. The molecule has 0 aliphatic rings. The molecule has 104 valence electrons. The van der Waals surface area contributed by atoms with E-state index >= 15 is 0 Å². The summed E-state index contributed by atoms with van der Waals surface area (Å²) in [7, 11) is 0. The summed E-state index contributed by atoms with van der Waals surface area (Å²) in [5.41, 5.74) is 7.66. The van der Waals surface area contributed by atoms with Crippen molar-refractivity contribution < 1.29 is 0 Å². The van der Waals surface area contributed by atoms with E-state index in [1.807, 2.05) is 42.5 Å². The zero-order valence-electron chi connectivity index (χ0n) is 12.0. The fourth-order valence-corrected chi connectivity index (χ4v) is 3.04. The number of fused-ring (bicyclic) bond motifs is 6. The van der Waals surface area contributed by atoms with Gasteiger partial charge in [0.25, 0.3) is 0 Å². The number of aromatic nitrogens is 4. The second kappa shape index (κ2) is 4.01. The summed E-state index contributed by atoms with van der Waals surface area (Å²) in [5.74, 6) is 0. The molecule has 0 bridgehead atoms. The minimum absolute atomic E-state index is 0.855. The Balaban J connectivity index is 2.11. The molecule has 0 aliphatic heterocycles. The van der Waals surface area contributed by atoms with Gasteiger partial charge < -0.3 is 0 Å². The third-order valence-corrected chi connectivity index (χ3v) is 4.06. The van der Waals surface area contributed by atoms with Crippen molar-refractivity contribution in [3.8, 4) is 0 Å². The molecule has 5 aromatic rings. The second-order valence-electron chi connectivity index (χ2n) is 5.51. The van der Waals surface area contributed by atoms with Crippen molar-refractivity contribution >= 4 is 38.9 Å². The number of hydrogen-bond acceptors (Lipinski definition) is 3. The topological polar surface area (TPSA) is 43.1 Å². The van der Waals surface area contributed by atoms with Gasteiger partial charge in [-0.2, -0.15) is 0 Å². The van der Waals surface area contributed by atoms with E-state index in [1.54, 1.807) is 0 Å².